The maximum absolute atomic E-state index is 4.33. The van der Waals surface area contributed by atoms with E-state index in [0.29, 0.717) is 0 Å². The van der Waals surface area contributed by atoms with Gasteiger partial charge in [0.25, 0.3) is 0 Å². The third-order valence-electron chi connectivity index (χ3n) is 2.79. The lowest BCUT2D eigenvalue weighted by Crippen LogP contribution is -1.99. The number of hydrogen-bond donors (Lipinski definition) is 0. The third-order valence-corrected chi connectivity index (χ3v) is 2.79. The molecule has 2 rings (SSSR count). The van der Waals surface area contributed by atoms with Gasteiger partial charge in [0.05, 0.1) is 6.20 Å². The van der Waals surface area contributed by atoms with E-state index in [1.807, 2.05) is 10.9 Å². The van der Waals surface area contributed by atoms with Crippen LogP contribution in [0.3, 0.4) is 0 Å². The monoisotopic (exact) mass is 214 g/mol. The summed E-state index contributed by atoms with van der Waals surface area (Å²) in [4.78, 5) is 0. The fourth-order valence-corrected chi connectivity index (χ4v) is 1.80. The van der Waals surface area contributed by atoms with Gasteiger partial charge in [-0.05, 0) is 30.4 Å². The third kappa shape index (κ3) is 2.96. The molecule has 2 heteroatoms. The Hall–Kier alpha value is -1.57. The second-order valence-corrected chi connectivity index (χ2v) is 4.05. The second kappa shape index (κ2) is 5.50. The lowest BCUT2D eigenvalue weighted by atomic mass is 10.1. The SMILES string of the molecule is CCc1cnn(CCCc2ccccc2)c1. The largest absolute Gasteiger partial charge is 0.272 e. The van der Waals surface area contributed by atoms with Crippen LogP contribution in [0.15, 0.2) is 42.7 Å². The van der Waals surface area contributed by atoms with Gasteiger partial charge >= 0.3 is 0 Å². The normalized spacial score (nSPS) is 10.6. The molecule has 0 aliphatic heterocycles. The number of benzene rings is 1. The minimum Gasteiger partial charge on any atom is -0.272 e. The van der Waals surface area contributed by atoms with Crippen LogP contribution < -0.4 is 0 Å². The summed E-state index contributed by atoms with van der Waals surface area (Å²) >= 11 is 0. The predicted molar refractivity (Wildman–Crippen MR) is 66.4 cm³/mol. The van der Waals surface area contributed by atoms with Gasteiger partial charge in [-0.1, -0.05) is 37.3 Å². The van der Waals surface area contributed by atoms with Crippen molar-refractivity contribution in [1.29, 1.82) is 0 Å². The molecular formula is C14H18N2. The molecule has 0 bridgehead atoms. The van der Waals surface area contributed by atoms with Gasteiger partial charge in [0.1, 0.15) is 0 Å². The molecule has 0 spiro atoms. The predicted octanol–water partition coefficient (Wildman–Crippen LogP) is 3.08. The van der Waals surface area contributed by atoms with Crippen molar-refractivity contribution in [3.8, 4) is 0 Å². The Morgan fingerprint density at radius 3 is 2.62 bits per heavy atom. The van der Waals surface area contributed by atoms with Crippen LogP contribution >= 0.6 is 0 Å². The van der Waals surface area contributed by atoms with E-state index in [4.69, 9.17) is 0 Å². The van der Waals surface area contributed by atoms with Crippen LogP contribution in [0.4, 0.5) is 0 Å². The first kappa shape index (κ1) is 10.9. The zero-order valence-electron chi connectivity index (χ0n) is 9.76. The maximum Gasteiger partial charge on any atom is 0.0521 e. The van der Waals surface area contributed by atoms with Crippen LogP contribution in [0.2, 0.25) is 0 Å². The molecule has 0 N–H and O–H groups in total. The van der Waals surface area contributed by atoms with Crippen molar-refractivity contribution in [1.82, 2.24) is 9.78 Å². The fraction of sp³-hybridized carbons (Fsp3) is 0.357. The molecular weight excluding hydrogens is 196 g/mol. The van der Waals surface area contributed by atoms with Gasteiger partial charge in [0.15, 0.2) is 0 Å². The first-order chi connectivity index (χ1) is 7.88. The van der Waals surface area contributed by atoms with Gasteiger partial charge in [-0.2, -0.15) is 5.10 Å². The first-order valence-electron chi connectivity index (χ1n) is 5.93. The molecule has 0 amide bonds. The Morgan fingerprint density at radius 1 is 1.12 bits per heavy atom. The molecule has 0 saturated heterocycles. The molecule has 84 valence electrons. The first-order valence-corrected chi connectivity index (χ1v) is 5.93. The molecule has 16 heavy (non-hydrogen) atoms. The van der Waals surface area contributed by atoms with Crippen molar-refractivity contribution in [2.45, 2.75) is 32.7 Å². The van der Waals surface area contributed by atoms with E-state index in [2.05, 4.69) is 48.6 Å². The molecule has 0 radical (unpaired) electrons. The fourth-order valence-electron chi connectivity index (χ4n) is 1.80. The van der Waals surface area contributed by atoms with Crippen molar-refractivity contribution >= 4 is 0 Å². The van der Waals surface area contributed by atoms with Crippen LogP contribution in [0, 0.1) is 0 Å². The van der Waals surface area contributed by atoms with Gasteiger partial charge in [0.2, 0.25) is 0 Å². The molecule has 0 saturated carbocycles. The second-order valence-electron chi connectivity index (χ2n) is 4.05. The smallest absolute Gasteiger partial charge is 0.0521 e. The minimum atomic E-state index is 1.01. The van der Waals surface area contributed by atoms with Gasteiger partial charge < -0.3 is 0 Å². The van der Waals surface area contributed by atoms with E-state index in [1.165, 1.54) is 11.1 Å². The average molecular weight is 214 g/mol. The van der Waals surface area contributed by atoms with Crippen molar-refractivity contribution < 1.29 is 0 Å². The number of rotatable bonds is 5. The maximum atomic E-state index is 4.33. The highest BCUT2D eigenvalue weighted by molar-refractivity contribution is 5.14. The standard InChI is InChI=1S/C14H18N2/c1-2-13-11-15-16(12-13)10-6-9-14-7-4-3-5-8-14/h3-5,7-8,11-12H,2,6,9-10H2,1H3. The summed E-state index contributed by atoms with van der Waals surface area (Å²) in [7, 11) is 0. The number of nitrogens with zero attached hydrogens (tertiary/aromatic N) is 2. The zero-order valence-corrected chi connectivity index (χ0v) is 9.76. The van der Waals surface area contributed by atoms with Gasteiger partial charge in [-0.25, -0.2) is 0 Å². The number of hydrogen-bond acceptors (Lipinski definition) is 1. The molecule has 2 nitrogen and oxygen atoms in total. The Balaban J connectivity index is 1.80. The molecule has 1 aromatic carbocycles. The van der Waals surface area contributed by atoms with Gasteiger partial charge in [-0.15, -0.1) is 0 Å². The lowest BCUT2D eigenvalue weighted by molar-refractivity contribution is 0.578. The van der Waals surface area contributed by atoms with Crippen LogP contribution in [0.1, 0.15) is 24.5 Å². The van der Waals surface area contributed by atoms with E-state index in [9.17, 15) is 0 Å². The van der Waals surface area contributed by atoms with E-state index < -0.39 is 0 Å². The summed E-state index contributed by atoms with van der Waals surface area (Å²) in [6.07, 6.45) is 7.45. The van der Waals surface area contributed by atoms with E-state index in [0.717, 1.165) is 25.8 Å². The topological polar surface area (TPSA) is 17.8 Å². The molecule has 1 heterocycles. The van der Waals surface area contributed by atoms with Crippen molar-refractivity contribution in [2.75, 3.05) is 0 Å². The van der Waals surface area contributed by atoms with E-state index in [1.54, 1.807) is 0 Å². The van der Waals surface area contributed by atoms with Crippen molar-refractivity contribution in [3.63, 3.8) is 0 Å². The Morgan fingerprint density at radius 2 is 1.94 bits per heavy atom. The molecule has 0 aliphatic rings. The molecule has 0 aliphatic carbocycles. The molecule has 1 aromatic heterocycles. The molecule has 2 aromatic rings. The Labute approximate surface area is 96.9 Å². The minimum absolute atomic E-state index is 1.01. The highest BCUT2D eigenvalue weighted by Crippen LogP contribution is 2.04. The Kier molecular flexibility index (Phi) is 3.76. The lowest BCUT2D eigenvalue weighted by Gasteiger charge is -2.01. The zero-order chi connectivity index (χ0) is 11.2. The molecule has 0 unspecified atom stereocenters. The number of aryl methyl sites for hydroxylation is 3. The summed E-state index contributed by atoms with van der Waals surface area (Å²) < 4.78 is 2.04. The van der Waals surface area contributed by atoms with Gasteiger partial charge in [0, 0.05) is 12.7 Å². The summed E-state index contributed by atoms with van der Waals surface area (Å²) in [5, 5.41) is 4.33. The van der Waals surface area contributed by atoms with Crippen LogP contribution in [-0.4, -0.2) is 9.78 Å². The molecule has 0 fully saturated rings. The average Bonchev–Trinajstić information content (AvgIpc) is 2.78. The summed E-state index contributed by atoms with van der Waals surface area (Å²) in [5.74, 6) is 0. The van der Waals surface area contributed by atoms with Crippen molar-refractivity contribution in [3.05, 3.63) is 53.9 Å². The highest BCUT2D eigenvalue weighted by atomic mass is 15.3. The van der Waals surface area contributed by atoms with Crippen LogP contribution in [-0.2, 0) is 19.4 Å². The quantitative estimate of drug-likeness (QED) is 0.748. The number of aromatic nitrogens is 2. The summed E-state index contributed by atoms with van der Waals surface area (Å²) in [5.41, 5.74) is 2.73. The van der Waals surface area contributed by atoms with E-state index in [-0.39, 0.29) is 0 Å². The Bertz CT molecular complexity index is 417. The van der Waals surface area contributed by atoms with E-state index >= 15 is 0 Å². The van der Waals surface area contributed by atoms with Crippen LogP contribution in [0.25, 0.3) is 0 Å². The highest BCUT2D eigenvalue weighted by Gasteiger charge is 1.97. The molecule has 0 atom stereocenters. The van der Waals surface area contributed by atoms with Gasteiger partial charge in [-0.3, -0.25) is 4.68 Å². The summed E-state index contributed by atoms with van der Waals surface area (Å²) in [6, 6.07) is 10.6. The van der Waals surface area contributed by atoms with Crippen LogP contribution in [0.5, 0.6) is 0 Å². The van der Waals surface area contributed by atoms with Crippen molar-refractivity contribution in [2.24, 2.45) is 0 Å². The summed E-state index contributed by atoms with van der Waals surface area (Å²) in [6.45, 7) is 3.17.